The maximum Gasteiger partial charge on any atom is 0.335 e. The first-order valence-electron chi connectivity index (χ1n) is 14.2. The predicted octanol–water partition coefficient (Wildman–Crippen LogP) is 4.45. The van der Waals surface area contributed by atoms with Crippen LogP contribution in [0.4, 0.5) is 20.3 Å². The van der Waals surface area contributed by atoms with E-state index in [0.29, 0.717) is 30.0 Å². The first kappa shape index (κ1) is 29.7. The van der Waals surface area contributed by atoms with Crippen molar-refractivity contribution in [3.05, 3.63) is 99.0 Å². The number of methoxy groups -OCH3 is 1. The quantitative estimate of drug-likeness (QED) is 0.197. The summed E-state index contributed by atoms with van der Waals surface area (Å²) in [6, 6.07) is 10.1. The number of halogens is 2. The van der Waals surface area contributed by atoms with E-state index in [1.54, 1.807) is 13.2 Å². The van der Waals surface area contributed by atoms with Crippen LogP contribution < -0.4 is 26.6 Å². The molecule has 3 aromatic heterocycles. The van der Waals surface area contributed by atoms with Crippen LogP contribution in [0.2, 0.25) is 0 Å². The number of rotatable bonds is 11. The molecule has 0 saturated heterocycles. The molecule has 0 unspecified atom stereocenters. The van der Waals surface area contributed by atoms with Crippen molar-refractivity contribution in [2.45, 2.75) is 32.4 Å². The molecule has 0 radical (unpaired) electrons. The lowest BCUT2D eigenvalue weighted by atomic mass is 10.2. The number of carbonyl (C=O) groups is 1. The van der Waals surface area contributed by atoms with Gasteiger partial charge >= 0.3 is 5.69 Å². The second-order valence-electron chi connectivity index (χ2n) is 10.8. The molecule has 0 aliphatic heterocycles. The Morgan fingerprint density at radius 3 is 2.60 bits per heavy atom. The summed E-state index contributed by atoms with van der Waals surface area (Å²) in [5.41, 5.74) is -1.26. The molecule has 3 heterocycles. The minimum atomic E-state index is -0.886. The number of nitrogens with zero attached hydrogens (tertiary/aromatic N) is 4. The van der Waals surface area contributed by atoms with E-state index in [2.05, 4.69) is 25.8 Å². The lowest BCUT2D eigenvalue weighted by molar-refractivity contribution is 0.102. The molecule has 1 aliphatic carbocycles. The molecule has 232 valence electrons. The molecule has 0 bridgehead atoms. The third-order valence-corrected chi connectivity index (χ3v) is 7.27. The van der Waals surface area contributed by atoms with Gasteiger partial charge in [-0.05, 0) is 62.1 Å². The first-order chi connectivity index (χ1) is 21.7. The number of hydrogen-bond donors (Lipinski definition) is 3. The van der Waals surface area contributed by atoms with Crippen LogP contribution in [-0.4, -0.2) is 50.0 Å². The molecule has 14 heteroatoms. The van der Waals surface area contributed by atoms with Crippen molar-refractivity contribution in [3.8, 4) is 17.2 Å². The molecule has 3 N–H and O–H groups in total. The highest BCUT2D eigenvalue weighted by molar-refractivity contribution is 6.04. The second-order valence-corrected chi connectivity index (χ2v) is 10.8. The molecule has 6 rings (SSSR count). The maximum absolute atomic E-state index is 15.3. The Morgan fingerprint density at radius 1 is 1.11 bits per heavy atom. The molecule has 45 heavy (non-hydrogen) atoms. The molecule has 5 aromatic rings. The number of hydrogen-bond acceptors (Lipinski definition) is 8. The van der Waals surface area contributed by atoms with Crippen molar-refractivity contribution in [1.82, 2.24) is 24.3 Å². The molecule has 12 nitrogen and oxygen atoms in total. The number of aromatic amines is 1. The van der Waals surface area contributed by atoms with E-state index in [1.807, 2.05) is 6.92 Å². The van der Waals surface area contributed by atoms with Crippen LogP contribution in [0.3, 0.4) is 0 Å². The Morgan fingerprint density at radius 2 is 1.89 bits per heavy atom. The van der Waals surface area contributed by atoms with Gasteiger partial charge in [-0.1, -0.05) is 0 Å². The van der Waals surface area contributed by atoms with Gasteiger partial charge in [0.1, 0.15) is 22.5 Å². The molecule has 1 fully saturated rings. The van der Waals surface area contributed by atoms with Gasteiger partial charge < -0.3 is 20.1 Å². The number of amides is 1. The Hall–Kier alpha value is -5.37. The van der Waals surface area contributed by atoms with Crippen LogP contribution in [0.5, 0.6) is 11.5 Å². The fourth-order valence-corrected chi connectivity index (χ4v) is 4.90. The number of fused-ring (bicyclic) bond motifs is 1. The fraction of sp³-hybridized carbons (Fsp3) is 0.258. The third kappa shape index (κ3) is 6.31. The van der Waals surface area contributed by atoms with Crippen LogP contribution in [0.1, 0.15) is 30.1 Å². The summed E-state index contributed by atoms with van der Waals surface area (Å²) in [6.45, 7) is 2.66. The van der Waals surface area contributed by atoms with Gasteiger partial charge in [0.2, 0.25) is 0 Å². The van der Waals surface area contributed by atoms with Crippen LogP contribution in [0, 0.1) is 17.6 Å². The average Bonchev–Trinajstić information content (AvgIpc) is 3.74. The van der Waals surface area contributed by atoms with E-state index in [4.69, 9.17) is 9.47 Å². The number of H-pyrrole nitrogens is 1. The van der Waals surface area contributed by atoms with E-state index >= 15 is 4.39 Å². The molecule has 1 atom stereocenters. The highest BCUT2D eigenvalue weighted by Crippen LogP contribution is 2.35. The van der Waals surface area contributed by atoms with Gasteiger partial charge in [-0.3, -0.25) is 19.3 Å². The summed E-state index contributed by atoms with van der Waals surface area (Å²) in [6.07, 6.45) is 4.55. The fourth-order valence-electron chi connectivity index (χ4n) is 4.90. The van der Waals surface area contributed by atoms with Gasteiger partial charge in [0.05, 0.1) is 12.3 Å². The van der Waals surface area contributed by atoms with Crippen molar-refractivity contribution in [3.63, 3.8) is 0 Å². The Labute approximate surface area is 254 Å². The summed E-state index contributed by atoms with van der Waals surface area (Å²) in [7, 11) is 1.59. The van der Waals surface area contributed by atoms with E-state index in [0.717, 1.165) is 35.6 Å². The van der Waals surface area contributed by atoms with E-state index in [1.165, 1.54) is 41.2 Å². The zero-order valence-electron chi connectivity index (χ0n) is 24.3. The zero-order valence-corrected chi connectivity index (χ0v) is 24.3. The van der Waals surface area contributed by atoms with Gasteiger partial charge in [-0.15, -0.1) is 0 Å². The summed E-state index contributed by atoms with van der Waals surface area (Å²) in [4.78, 5) is 44.1. The Kier molecular flexibility index (Phi) is 8.13. The first-order valence-corrected chi connectivity index (χ1v) is 14.2. The minimum Gasteiger partial charge on any atom is -0.453 e. The van der Waals surface area contributed by atoms with E-state index in [-0.39, 0.29) is 40.4 Å². The number of carbonyl (C=O) groups excluding carboxylic acids is 1. The highest BCUT2D eigenvalue weighted by Gasteiger charge is 2.25. The number of anilines is 2. The second kappa shape index (κ2) is 12.3. The molecule has 2 aromatic carbocycles. The lowest BCUT2D eigenvalue weighted by Crippen LogP contribution is -2.42. The standard InChI is InChI=1S/C31H29F2N7O5/c1-17(16-44-2)35-28-26-25(11-12-34-27(26)37-38-28)45-24-10-7-20(13-23(24)33)36-29(41)22-15-39(14-18-3-4-18)31(43)40(30(22)42)21-8-5-19(32)6-9-21/h5-13,15,17-18H,3-4,14,16H2,1-2H3,(H,36,41)(H2,34,35,37,38)/t17-/m0/s1. The van der Waals surface area contributed by atoms with Gasteiger partial charge in [-0.25, -0.2) is 23.1 Å². The summed E-state index contributed by atoms with van der Waals surface area (Å²) in [5, 5.41) is 13.3. The largest absolute Gasteiger partial charge is 0.453 e. The third-order valence-electron chi connectivity index (χ3n) is 7.27. The molecule has 1 saturated carbocycles. The van der Waals surface area contributed by atoms with Crippen molar-refractivity contribution in [1.29, 1.82) is 0 Å². The number of ether oxygens (including phenoxy) is 2. The van der Waals surface area contributed by atoms with Gasteiger partial charge in [-0.2, -0.15) is 5.10 Å². The summed E-state index contributed by atoms with van der Waals surface area (Å²) < 4.78 is 42.0. The molecular weight excluding hydrogens is 588 g/mol. The normalized spacial score (nSPS) is 13.5. The average molecular weight is 618 g/mol. The number of aromatic nitrogens is 5. The zero-order chi connectivity index (χ0) is 31.7. The van der Waals surface area contributed by atoms with Crippen LogP contribution in [0.15, 0.2) is 70.5 Å². The topological polar surface area (TPSA) is 145 Å². The number of benzene rings is 2. The van der Waals surface area contributed by atoms with Gasteiger partial charge in [0.25, 0.3) is 11.5 Å². The minimum absolute atomic E-state index is 0.0523. The van der Waals surface area contributed by atoms with Crippen molar-refractivity contribution >= 4 is 28.4 Å². The molecule has 0 spiro atoms. The Bertz CT molecular complexity index is 2000. The highest BCUT2D eigenvalue weighted by atomic mass is 19.1. The summed E-state index contributed by atoms with van der Waals surface area (Å²) >= 11 is 0. The van der Waals surface area contributed by atoms with Crippen LogP contribution in [-0.2, 0) is 11.3 Å². The number of nitrogens with one attached hydrogen (secondary N) is 3. The van der Waals surface area contributed by atoms with Crippen LogP contribution in [0.25, 0.3) is 16.7 Å². The molecule has 1 aliphatic rings. The van der Waals surface area contributed by atoms with E-state index in [9.17, 15) is 18.8 Å². The van der Waals surface area contributed by atoms with E-state index < -0.39 is 28.8 Å². The molecular formula is C31H29F2N7O5. The van der Waals surface area contributed by atoms with Gasteiger partial charge in [0.15, 0.2) is 23.0 Å². The predicted molar refractivity (Wildman–Crippen MR) is 162 cm³/mol. The van der Waals surface area contributed by atoms with Crippen molar-refractivity contribution in [2.24, 2.45) is 5.92 Å². The maximum atomic E-state index is 15.3. The monoisotopic (exact) mass is 617 g/mol. The van der Waals surface area contributed by atoms with Crippen LogP contribution >= 0.6 is 0 Å². The van der Waals surface area contributed by atoms with Gasteiger partial charge in [0, 0.05) is 49.9 Å². The Balaban J connectivity index is 1.27. The smallest absolute Gasteiger partial charge is 0.335 e. The summed E-state index contributed by atoms with van der Waals surface area (Å²) in [5.74, 6) is -1.31. The van der Waals surface area contributed by atoms with Crippen molar-refractivity contribution < 1.29 is 23.0 Å². The lowest BCUT2D eigenvalue weighted by Gasteiger charge is -2.14. The SMILES string of the molecule is COC[C@H](C)Nc1n[nH]c2nccc(Oc3ccc(NC(=O)c4cn(CC5CC5)c(=O)n(-c5ccc(F)cc5)c4=O)cc3F)c12. The molecule has 1 amide bonds. The number of pyridine rings is 1. The van der Waals surface area contributed by atoms with Crippen molar-refractivity contribution in [2.75, 3.05) is 24.4 Å².